The van der Waals surface area contributed by atoms with Crippen LogP contribution in [0.2, 0.25) is 0 Å². The van der Waals surface area contributed by atoms with Gasteiger partial charge in [0.25, 0.3) is 0 Å². The standard InChI is InChI=1S/C14H21Br2NOS/c1-4-6-7-17(10(3)5-2)9-12(18)11-8-13(15)19-14(11)16/h8,10H,4-7,9H2,1-3H3. The van der Waals surface area contributed by atoms with Crippen molar-refractivity contribution in [2.75, 3.05) is 13.1 Å². The van der Waals surface area contributed by atoms with E-state index in [0.29, 0.717) is 12.6 Å². The lowest BCUT2D eigenvalue weighted by molar-refractivity contribution is 0.0894. The number of halogens is 2. The van der Waals surface area contributed by atoms with Gasteiger partial charge in [0.1, 0.15) is 0 Å². The fourth-order valence-corrected chi connectivity index (χ4v) is 4.73. The number of ketones is 1. The molecule has 0 spiro atoms. The maximum absolute atomic E-state index is 12.4. The van der Waals surface area contributed by atoms with E-state index in [-0.39, 0.29) is 5.78 Å². The smallest absolute Gasteiger partial charge is 0.178 e. The Bertz CT molecular complexity index is 420. The number of hydrogen-bond acceptors (Lipinski definition) is 3. The summed E-state index contributed by atoms with van der Waals surface area (Å²) in [6.45, 7) is 8.06. The van der Waals surface area contributed by atoms with Crippen LogP contribution in [-0.2, 0) is 0 Å². The van der Waals surface area contributed by atoms with Crippen LogP contribution in [0.3, 0.4) is 0 Å². The molecule has 1 atom stereocenters. The first-order valence-corrected chi connectivity index (χ1v) is 9.11. The van der Waals surface area contributed by atoms with Gasteiger partial charge in [-0.15, -0.1) is 11.3 Å². The molecule has 0 aliphatic carbocycles. The number of unbranched alkanes of at least 4 members (excludes halogenated alkanes) is 1. The highest BCUT2D eigenvalue weighted by molar-refractivity contribution is 9.12. The van der Waals surface area contributed by atoms with Crippen LogP contribution in [0.5, 0.6) is 0 Å². The zero-order chi connectivity index (χ0) is 14.4. The molecule has 1 rings (SSSR count). The zero-order valence-electron chi connectivity index (χ0n) is 11.7. The van der Waals surface area contributed by atoms with Crippen LogP contribution in [0.25, 0.3) is 0 Å². The summed E-state index contributed by atoms with van der Waals surface area (Å²) in [7, 11) is 0. The average molecular weight is 411 g/mol. The highest BCUT2D eigenvalue weighted by Crippen LogP contribution is 2.32. The predicted molar refractivity (Wildman–Crippen MR) is 90.3 cm³/mol. The molecular weight excluding hydrogens is 390 g/mol. The van der Waals surface area contributed by atoms with Gasteiger partial charge in [-0.2, -0.15) is 0 Å². The summed E-state index contributed by atoms with van der Waals surface area (Å²) >= 11 is 8.44. The van der Waals surface area contributed by atoms with E-state index in [4.69, 9.17) is 0 Å². The summed E-state index contributed by atoms with van der Waals surface area (Å²) in [5.74, 6) is 0.199. The molecule has 0 fully saturated rings. The molecule has 19 heavy (non-hydrogen) atoms. The Hall–Kier alpha value is 0.290. The van der Waals surface area contributed by atoms with Crippen molar-refractivity contribution in [2.45, 2.75) is 46.1 Å². The SMILES string of the molecule is CCCCN(CC(=O)c1cc(Br)sc1Br)C(C)CC. The second kappa shape index (κ2) is 8.55. The van der Waals surface area contributed by atoms with Crippen molar-refractivity contribution in [3.8, 4) is 0 Å². The molecular formula is C14H21Br2NOS. The van der Waals surface area contributed by atoms with E-state index in [1.165, 1.54) is 0 Å². The summed E-state index contributed by atoms with van der Waals surface area (Å²) < 4.78 is 1.91. The molecule has 108 valence electrons. The third-order valence-corrected chi connectivity index (χ3v) is 5.66. The zero-order valence-corrected chi connectivity index (χ0v) is 15.7. The topological polar surface area (TPSA) is 20.3 Å². The van der Waals surface area contributed by atoms with E-state index in [2.05, 4.69) is 57.5 Å². The van der Waals surface area contributed by atoms with Gasteiger partial charge >= 0.3 is 0 Å². The van der Waals surface area contributed by atoms with Crippen molar-refractivity contribution in [2.24, 2.45) is 0 Å². The summed E-state index contributed by atoms with van der Waals surface area (Å²) in [6, 6.07) is 2.36. The van der Waals surface area contributed by atoms with Crippen molar-refractivity contribution < 1.29 is 4.79 Å². The quantitative estimate of drug-likeness (QED) is 0.537. The minimum Gasteiger partial charge on any atom is -0.293 e. The minimum atomic E-state index is 0.199. The Labute approximate surface area is 136 Å². The van der Waals surface area contributed by atoms with Gasteiger partial charge in [0.2, 0.25) is 0 Å². The Morgan fingerprint density at radius 1 is 1.42 bits per heavy atom. The van der Waals surface area contributed by atoms with Crippen molar-refractivity contribution >= 4 is 49.0 Å². The molecule has 1 aromatic heterocycles. The van der Waals surface area contributed by atoms with Gasteiger partial charge in [-0.05, 0) is 64.2 Å². The second-order valence-corrected chi connectivity index (χ2v) is 8.49. The van der Waals surface area contributed by atoms with Gasteiger partial charge in [-0.1, -0.05) is 20.3 Å². The minimum absolute atomic E-state index is 0.199. The molecule has 2 nitrogen and oxygen atoms in total. The van der Waals surface area contributed by atoms with Crippen LogP contribution >= 0.6 is 43.2 Å². The Kier molecular flexibility index (Phi) is 7.80. The van der Waals surface area contributed by atoms with E-state index in [1.54, 1.807) is 11.3 Å². The summed E-state index contributed by atoms with van der Waals surface area (Å²) in [6.07, 6.45) is 3.38. The Morgan fingerprint density at radius 3 is 2.58 bits per heavy atom. The third kappa shape index (κ3) is 5.29. The molecule has 0 radical (unpaired) electrons. The van der Waals surface area contributed by atoms with Gasteiger partial charge in [-0.25, -0.2) is 0 Å². The van der Waals surface area contributed by atoms with Crippen LogP contribution in [0, 0.1) is 0 Å². The third-order valence-electron chi connectivity index (χ3n) is 3.32. The van der Waals surface area contributed by atoms with Crippen molar-refractivity contribution in [1.29, 1.82) is 0 Å². The number of Topliss-reactive ketones (excluding diaryl/α,β-unsaturated/α-hetero) is 1. The molecule has 0 aliphatic heterocycles. The van der Waals surface area contributed by atoms with Gasteiger partial charge in [-0.3, -0.25) is 9.69 Å². The van der Waals surface area contributed by atoms with Crippen LogP contribution in [0.1, 0.15) is 50.4 Å². The molecule has 0 saturated heterocycles. The number of hydrogen-bond donors (Lipinski definition) is 0. The average Bonchev–Trinajstić information content (AvgIpc) is 2.72. The number of carbonyl (C=O) groups excluding carboxylic acids is 1. The highest BCUT2D eigenvalue weighted by atomic mass is 79.9. The van der Waals surface area contributed by atoms with Crippen LogP contribution < -0.4 is 0 Å². The fraction of sp³-hybridized carbons (Fsp3) is 0.643. The molecule has 0 amide bonds. The Balaban J connectivity index is 2.72. The monoisotopic (exact) mass is 409 g/mol. The number of nitrogens with zero attached hydrogens (tertiary/aromatic N) is 1. The second-order valence-electron chi connectivity index (χ2n) is 4.74. The van der Waals surface area contributed by atoms with Crippen molar-refractivity contribution in [1.82, 2.24) is 4.90 Å². The van der Waals surface area contributed by atoms with Gasteiger partial charge in [0.05, 0.1) is 14.1 Å². The number of thiophene rings is 1. The van der Waals surface area contributed by atoms with E-state index in [1.807, 2.05) is 6.07 Å². The lowest BCUT2D eigenvalue weighted by Crippen LogP contribution is -2.37. The molecule has 0 aliphatic rings. The maximum Gasteiger partial charge on any atom is 0.178 e. The maximum atomic E-state index is 12.4. The van der Waals surface area contributed by atoms with Crippen LogP contribution in [0.15, 0.2) is 13.6 Å². The fourth-order valence-electron chi connectivity index (χ4n) is 1.87. The van der Waals surface area contributed by atoms with Crippen molar-refractivity contribution in [3.05, 3.63) is 19.2 Å². The van der Waals surface area contributed by atoms with E-state index < -0.39 is 0 Å². The van der Waals surface area contributed by atoms with Gasteiger partial charge < -0.3 is 0 Å². The molecule has 0 N–H and O–H groups in total. The summed E-state index contributed by atoms with van der Waals surface area (Å²) in [4.78, 5) is 14.7. The summed E-state index contributed by atoms with van der Waals surface area (Å²) in [5, 5.41) is 0. The molecule has 1 unspecified atom stereocenters. The van der Waals surface area contributed by atoms with E-state index in [9.17, 15) is 4.79 Å². The van der Waals surface area contributed by atoms with Gasteiger partial charge in [0.15, 0.2) is 5.78 Å². The van der Waals surface area contributed by atoms with Gasteiger partial charge in [0, 0.05) is 11.6 Å². The van der Waals surface area contributed by atoms with E-state index >= 15 is 0 Å². The molecule has 5 heteroatoms. The molecule has 1 aromatic rings. The lowest BCUT2D eigenvalue weighted by Gasteiger charge is -2.27. The number of rotatable bonds is 8. The number of carbonyl (C=O) groups is 1. The van der Waals surface area contributed by atoms with Crippen LogP contribution in [-0.4, -0.2) is 29.8 Å². The first-order valence-electron chi connectivity index (χ1n) is 6.71. The molecule has 0 saturated carbocycles. The highest BCUT2D eigenvalue weighted by Gasteiger charge is 2.19. The first-order chi connectivity index (χ1) is 8.99. The Morgan fingerprint density at radius 2 is 2.11 bits per heavy atom. The molecule has 1 heterocycles. The molecule has 0 aromatic carbocycles. The normalized spacial score (nSPS) is 12.9. The van der Waals surface area contributed by atoms with Crippen LogP contribution in [0.4, 0.5) is 0 Å². The summed E-state index contributed by atoms with van der Waals surface area (Å²) in [5.41, 5.74) is 0.793. The molecule has 0 bridgehead atoms. The first kappa shape index (κ1) is 17.3. The largest absolute Gasteiger partial charge is 0.293 e. The lowest BCUT2D eigenvalue weighted by atomic mass is 10.1. The predicted octanol–water partition coefficient (Wildman–Crippen LogP) is 5.36. The van der Waals surface area contributed by atoms with Crippen molar-refractivity contribution in [3.63, 3.8) is 0 Å². The van der Waals surface area contributed by atoms with E-state index in [0.717, 1.165) is 38.9 Å².